The summed E-state index contributed by atoms with van der Waals surface area (Å²) in [5.74, 6) is 0.866. The van der Waals surface area contributed by atoms with Crippen molar-refractivity contribution in [1.82, 2.24) is 15.5 Å². The number of hydrogen-bond donors (Lipinski definition) is 2. The highest BCUT2D eigenvalue weighted by molar-refractivity contribution is 5.79. The van der Waals surface area contributed by atoms with Crippen molar-refractivity contribution in [3.05, 3.63) is 35.4 Å². The Morgan fingerprint density at radius 1 is 1.26 bits per heavy atom. The predicted molar refractivity (Wildman–Crippen MR) is 114 cm³/mol. The zero-order valence-corrected chi connectivity index (χ0v) is 17.6. The molecule has 152 valence electrons. The molecule has 0 aromatic heterocycles. The fourth-order valence-corrected chi connectivity index (χ4v) is 3.48. The summed E-state index contributed by atoms with van der Waals surface area (Å²) in [5, 5.41) is 6.85. The maximum Gasteiger partial charge on any atom is 0.191 e. The molecule has 5 nitrogen and oxygen atoms in total. The van der Waals surface area contributed by atoms with Gasteiger partial charge in [-0.25, -0.2) is 0 Å². The molecular weight excluding hydrogens is 336 g/mol. The number of nitrogens with zero attached hydrogens (tertiary/aromatic N) is 2. The zero-order chi connectivity index (χ0) is 19.5. The predicted octanol–water partition coefficient (Wildman–Crippen LogP) is 3.54. The first-order chi connectivity index (χ1) is 13.1. The van der Waals surface area contributed by atoms with Crippen molar-refractivity contribution < 1.29 is 4.74 Å². The van der Waals surface area contributed by atoms with Crippen LogP contribution in [0.1, 0.15) is 57.6 Å². The van der Waals surface area contributed by atoms with Crippen LogP contribution >= 0.6 is 0 Å². The topological polar surface area (TPSA) is 48.9 Å². The van der Waals surface area contributed by atoms with Gasteiger partial charge in [0.05, 0.1) is 12.7 Å². The molecule has 0 saturated carbocycles. The Hall–Kier alpha value is -1.59. The van der Waals surface area contributed by atoms with E-state index in [1.165, 1.54) is 43.5 Å². The number of hydrogen-bond acceptors (Lipinski definition) is 3. The number of ether oxygens (including phenoxy) is 1. The molecule has 0 bridgehead atoms. The Kier molecular flexibility index (Phi) is 9.64. The number of guanidine groups is 1. The van der Waals surface area contributed by atoms with Crippen molar-refractivity contribution in [3.8, 4) is 0 Å². The molecule has 5 heteroatoms. The van der Waals surface area contributed by atoms with Crippen LogP contribution in [0, 0.1) is 0 Å². The van der Waals surface area contributed by atoms with Gasteiger partial charge in [0.15, 0.2) is 5.96 Å². The molecular formula is C22H38N4O. The number of likely N-dealkylation sites (tertiary alicyclic amines) is 1. The van der Waals surface area contributed by atoms with E-state index < -0.39 is 0 Å². The van der Waals surface area contributed by atoms with E-state index in [0.717, 1.165) is 31.5 Å². The van der Waals surface area contributed by atoms with Crippen molar-refractivity contribution >= 4 is 5.96 Å². The molecule has 1 aliphatic heterocycles. The summed E-state index contributed by atoms with van der Waals surface area (Å²) in [6.45, 7) is 11.3. The van der Waals surface area contributed by atoms with E-state index in [9.17, 15) is 0 Å². The first-order valence-corrected chi connectivity index (χ1v) is 10.5. The molecule has 1 unspecified atom stereocenters. The smallest absolute Gasteiger partial charge is 0.191 e. The van der Waals surface area contributed by atoms with E-state index in [0.29, 0.717) is 6.61 Å². The Morgan fingerprint density at radius 2 is 2.07 bits per heavy atom. The highest BCUT2D eigenvalue weighted by Gasteiger charge is 2.17. The normalized spacial score (nSPS) is 18.7. The SMILES string of the molecule is CN=C(NCCCN1CCCCC1C)NCc1cccc(COC(C)C)c1. The Balaban J connectivity index is 1.68. The average molecular weight is 375 g/mol. The minimum atomic E-state index is 0.253. The van der Waals surface area contributed by atoms with Crippen LogP contribution in [0.5, 0.6) is 0 Å². The lowest BCUT2D eigenvalue weighted by Gasteiger charge is -2.33. The number of benzene rings is 1. The third kappa shape index (κ3) is 8.31. The van der Waals surface area contributed by atoms with Gasteiger partial charge in [0.2, 0.25) is 0 Å². The second kappa shape index (κ2) is 12.0. The van der Waals surface area contributed by atoms with E-state index in [4.69, 9.17) is 4.74 Å². The molecule has 1 aliphatic rings. The third-order valence-electron chi connectivity index (χ3n) is 5.11. The fourth-order valence-electron chi connectivity index (χ4n) is 3.48. The van der Waals surface area contributed by atoms with Crippen molar-refractivity contribution in [3.63, 3.8) is 0 Å². The van der Waals surface area contributed by atoms with Gasteiger partial charge in [0.1, 0.15) is 0 Å². The first kappa shape index (κ1) is 21.7. The third-order valence-corrected chi connectivity index (χ3v) is 5.11. The van der Waals surface area contributed by atoms with E-state index in [-0.39, 0.29) is 6.10 Å². The van der Waals surface area contributed by atoms with Gasteiger partial charge in [0.25, 0.3) is 0 Å². The van der Waals surface area contributed by atoms with Crippen LogP contribution in [-0.2, 0) is 17.9 Å². The van der Waals surface area contributed by atoms with E-state index in [1.807, 2.05) is 7.05 Å². The Morgan fingerprint density at radius 3 is 2.81 bits per heavy atom. The average Bonchev–Trinajstić information content (AvgIpc) is 2.67. The fraction of sp³-hybridized carbons (Fsp3) is 0.682. The lowest BCUT2D eigenvalue weighted by atomic mass is 10.0. The maximum absolute atomic E-state index is 5.69. The van der Waals surface area contributed by atoms with Crippen LogP contribution in [0.2, 0.25) is 0 Å². The molecule has 1 aromatic rings. The van der Waals surface area contributed by atoms with Crippen LogP contribution in [0.25, 0.3) is 0 Å². The van der Waals surface area contributed by atoms with Gasteiger partial charge in [-0.2, -0.15) is 0 Å². The van der Waals surface area contributed by atoms with Crippen molar-refractivity contribution in [1.29, 1.82) is 0 Å². The van der Waals surface area contributed by atoms with Crippen LogP contribution in [-0.4, -0.2) is 49.7 Å². The van der Waals surface area contributed by atoms with Gasteiger partial charge in [-0.15, -0.1) is 0 Å². The van der Waals surface area contributed by atoms with Crippen molar-refractivity contribution in [2.24, 2.45) is 4.99 Å². The minimum absolute atomic E-state index is 0.253. The lowest BCUT2D eigenvalue weighted by molar-refractivity contribution is 0.0657. The number of aliphatic imine (C=N–C) groups is 1. The standard InChI is InChI=1S/C22H38N4O/c1-18(2)27-17-21-11-7-10-20(15-21)16-25-22(23-4)24-12-8-14-26-13-6-5-9-19(26)3/h7,10-11,15,18-19H,5-6,8-9,12-14,16-17H2,1-4H3,(H2,23,24,25). The lowest BCUT2D eigenvalue weighted by Crippen LogP contribution is -2.41. The quantitative estimate of drug-likeness (QED) is 0.394. The van der Waals surface area contributed by atoms with Gasteiger partial charge in [-0.05, 0) is 57.7 Å². The van der Waals surface area contributed by atoms with Gasteiger partial charge < -0.3 is 20.3 Å². The minimum Gasteiger partial charge on any atom is -0.374 e. The Labute approximate surface area is 165 Å². The molecule has 0 spiro atoms. The summed E-state index contributed by atoms with van der Waals surface area (Å²) in [7, 11) is 1.83. The molecule has 1 aromatic carbocycles. The highest BCUT2D eigenvalue weighted by atomic mass is 16.5. The summed E-state index contributed by atoms with van der Waals surface area (Å²) in [4.78, 5) is 6.96. The Bertz CT molecular complexity index is 573. The van der Waals surface area contributed by atoms with Crippen LogP contribution < -0.4 is 10.6 Å². The van der Waals surface area contributed by atoms with Gasteiger partial charge in [-0.3, -0.25) is 4.99 Å². The van der Waals surface area contributed by atoms with Crippen LogP contribution in [0.4, 0.5) is 0 Å². The summed E-state index contributed by atoms with van der Waals surface area (Å²) >= 11 is 0. The monoisotopic (exact) mass is 374 g/mol. The largest absolute Gasteiger partial charge is 0.374 e. The molecule has 0 aliphatic carbocycles. The molecule has 27 heavy (non-hydrogen) atoms. The second-order valence-corrected chi connectivity index (χ2v) is 7.77. The number of nitrogens with one attached hydrogen (secondary N) is 2. The van der Waals surface area contributed by atoms with E-state index in [2.05, 4.69) is 65.6 Å². The summed E-state index contributed by atoms with van der Waals surface area (Å²) in [5.41, 5.74) is 2.45. The summed E-state index contributed by atoms with van der Waals surface area (Å²) in [6.07, 6.45) is 5.48. The highest BCUT2D eigenvalue weighted by Crippen LogP contribution is 2.16. The number of piperidine rings is 1. The van der Waals surface area contributed by atoms with Crippen LogP contribution in [0.3, 0.4) is 0 Å². The zero-order valence-electron chi connectivity index (χ0n) is 17.6. The first-order valence-electron chi connectivity index (χ1n) is 10.5. The van der Waals surface area contributed by atoms with E-state index in [1.54, 1.807) is 0 Å². The molecule has 0 amide bonds. The van der Waals surface area contributed by atoms with Crippen LogP contribution in [0.15, 0.2) is 29.3 Å². The van der Waals surface area contributed by atoms with Crippen molar-refractivity contribution in [2.75, 3.05) is 26.7 Å². The molecule has 1 heterocycles. The molecule has 1 atom stereocenters. The van der Waals surface area contributed by atoms with E-state index >= 15 is 0 Å². The summed E-state index contributed by atoms with van der Waals surface area (Å²) in [6, 6.07) is 9.27. The van der Waals surface area contributed by atoms with Gasteiger partial charge in [-0.1, -0.05) is 30.7 Å². The molecule has 2 rings (SSSR count). The van der Waals surface area contributed by atoms with Crippen molar-refractivity contribution in [2.45, 2.75) is 71.8 Å². The second-order valence-electron chi connectivity index (χ2n) is 7.77. The molecule has 1 fully saturated rings. The molecule has 1 saturated heterocycles. The van der Waals surface area contributed by atoms with Gasteiger partial charge >= 0.3 is 0 Å². The molecule has 2 N–H and O–H groups in total. The number of rotatable bonds is 9. The maximum atomic E-state index is 5.69. The van der Waals surface area contributed by atoms with Gasteiger partial charge in [0, 0.05) is 32.7 Å². The molecule has 0 radical (unpaired) electrons. The summed E-state index contributed by atoms with van der Waals surface area (Å²) < 4.78 is 5.69.